The van der Waals surface area contributed by atoms with E-state index in [4.69, 9.17) is 21.1 Å². The van der Waals surface area contributed by atoms with Crippen LogP contribution in [0.25, 0.3) is 6.08 Å². The summed E-state index contributed by atoms with van der Waals surface area (Å²) in [6.45, 7) is 0.440. The van der Waals surface area contributed by atoms with Crippen molar-refractivity contribution in [2.24, 2.45) is 0 Å². The van der Waals surface area contributed by atoms with Crippen LogP contribution in [0.5, 0.6) is 11.5 Å². The summed E-state index contributed by atoms with van der Waals surface area (Å²) in [7, 11) is 0. The van der Waals surface area contributed by atoms with Gasteiger partial charge in [-0.3, -0.25) is 19.3 Å². The summed E-state index contributed by atoms with van der Waals surface area (Å²) in [6, 6.07) is 5.28. The maximum absolute atomic E-state index is 12.3. The van der Waals surface area contributed by atoms with E-state index in [1.165, 1.54) is 0 Å². The Labute approximate surface area is 146 Å². The van der Waals surface area contributed by atoms with Crippen molar-refractivity contribution in [3.05, 3.63) is 28.7 Å². The molecule has 0 aromatic heterocycles. The van der Waals surface area contributed by atoms with E-state index in [0.717, 1.165) is 22.2 Å². The number of thioether (sulfide) groups is 1. The molecule has 2 aliphatic rings. The fourth-order valence-electron chi connectivity index (χ4n) is 2.20. The van der Waals surface area contributed by atoms with E-state index in [1.54, 1.807) is 24.3 Å². The zero-order valence-electron chi connectivity index (χ0n) is 12.4. The van der Waals surface area contributed by atoms with Crippen LogP contribution in [0, 0.1) is 0 Å². The van der Waals surface area contributed by atoms with Crippen LogP contribution in [-0.2, 0) is 9.59 Å². The van der Waals surface area contributed by atoms with Gasteiger partial charge in [-0.15, -0.1) is 11.6 Å². The number of hydrogen-bond donors (Lipinski definition) is 1. The number of fused-ring (bicyclic) bond motifs is 1. The van der Waals surface area contributed by atoms with Gasteiger partial charge >= 0.3 is 0 Å². The van der Waals surface area contributed by atoms with E-state index in [9.17, 15) is 14.4 Å². The van der Waals surface area contributed by atoms with Crippen LogP contribution in [0.3, 0.4) is 0 Å². The normalized spacial score (nSPS) is 17.7. The van der Waals surface area contributed by atoms with Gasteiger partial charge in [0.15, 0.2) is 11.5 Å². The summed E-state index contributed by atoms with van der Waals surface area (Å²) in [5.41, 5.74) is 0.736. The van der Waals surface area contributed by atoms with Crippen molar-refractivity contribution >= 4 is 46.5 Å². The number of ether oxygens (including phenoxy) is 2. The molecule has 1 aromatic carbocycles. The first-order valence-electron chi connectivity index (χ1n) is 7.06. The minimum atomic E-state index is -0.386. The molecule has 0 radical (unpaired) electrons. The molecule has 0 saturated carbocycles. The molecule has 0 unspecified atom stereocenters. The molecule has 1 N–H and O–H groups in total. The number of hydrogen-bond acceptors (Lipinski definition) is 6. The molecule has 3 rings (SSSR count). The molecule has 2 aliphatic heterocycles. The summed E-state index contributed by atoms with van der Waals surface area (Å²) < 4.78 is 10.5. The van der Waals surface area contributed by atoms with E-state index in [1.807, 2.05) is 0 Å². The Morgan fingerprint density at radius 2 is 2.12 bits per heavy atom. The lowest BCUT2D eigenvalue weighted by molar-refractivity contribution is -0.123. The monoisotopic (exact) mass is 368 g/mol. The molecule has 3 amide bonds. The molecule has 1 fully saturated rings. The van der Waals surface area contributed by atoms with Crippen molar-refractivity contribution < 1.29 is 23.9 Å². The molecule has 1 saturated heterocycles. The lowest BCUT2D eigenvalue weighted by Crippen LogP contribution is -2.37. The summed E-state index contributed by atoms with van der Waals surface area (Å²) in [4.78, 5) is 36.8. The standard InChI is InChI=1S/C15H13ClN2O5S/c16-7-13(19)17-3-4-18-14(20)12(24-15(18)21)6-9-1-2-10-11(5-9)23-8-22-10/h1-2,5-6H,3-4,7-8H2,(H,17,19)/b12-6+. The molecule has 7 nitrogen and oxygen atoms in total. The molecule has 0 atom stereocenters. The summed E-state index contributed by atoms with van der Waals surface area (Å²) in [5, 5.41) is 2.15. The van der Waals surface area contributed by atoms with Gasteiger partial charge in [-0.25, -0.2) is 0 Å². The highest BCUT2D eigenvalue weighted by molar-refractivity contribution is 8.18. The van der Waals surface area contributed by atoms with Crippen LogP contribution in [0.4, 0.5) is 4.79 Å². The molecule has 2 heterocycles. The fraction of sp³-hybridized carbons (Fsp3) is 0.267. The highest BCUT2D eigenvalue weighted by Crippen LogP contribution is 2.36. The largest absolute Gasteiger partial charge is 0.454 e. The Balaban J connectivity index is 1.68. The molecule has 0 bridgehead atoms. The molecule has 0 spiro atoms. The summed E-state index contributed by atoms with van der Waals surface area (Å²) in [5.74, 6) is 0.357. The first kappa shape index (κ1) is 16.7. The Bertz CT molecular complexity index is 737. The number of carbonyl (C=O) groups excluding carboxylic acids is 3. The number of amides is 3. The van der Waals surface area contributed by atoms with Crippen LogP contribution in [0.15, 0.2) is 23.1 Å². The van der Waals surface area contributed by atoms with Crippen molar-refractivity contribution in [1.82, 2.24) is 10.2 Å². The number of halogens is 1. The first-order valence-corrected chi connectivity index (χ1v) is 8.41. The summed E-state index contributed by atoms with van der Waals surface area (Å²) in [6.07, 6.45) is 1.63. The van der Waals surface area contributed by atoms with Crippen LogP contribution in [0.2, 0.25) is 0 Å². The van der Waals surface area contributed by atoms with Crippen LogP contribution >= 0.6 is 23.4 Å². The van der Waals surface area contributed by atoms with Crippen LogP contribution < -0.4 is 14.8 Å². The minimum Gasteiger partial charge on any atom is -0.454 e. The SMILES string of the molecule is O=C(CCl)NCCN1C(=O)S/C(=C/c2ccc3c(c2)OCO3)C1=O. The van der Waals surface area contributed by atoms with Gasteiger partial charge in [-0.2, -0.15) is 0 Å². The second-order valence-corrected chi connectivity index (χ2v) is 6.19. The van der Waals surface area contributed by atoms with Crippen molar-refractivity contribution in [3.8, 4) is 11.5 Å². The van der Waals surface area contributed by atoms with Gasteiger partial charge < -0.3 is 14.8 Å². The number of carbonyl (C=O) groups is 3. The van der Waals surface area contributed by atoms with E-state index in [2.05, 4.69) is 5.32 Å². The zero-order chi connectivity index (χ0) is 17.1. The number of nitrogens with zero attached hydrogens (tertiary/aromatic N) is 1. The lowest BCUT2D eigenvalue weighted by Gasteiger charge is -2.12. The Morgan fingerprint density at radius 1 is 1.33 bits per heavy atom. The zero-order valence-corrected chi connectivity index (χ0v) is 14.0. The highest BCUT2D eigenvalue weighted by Gasteiger charge is 2.34. The number of benzene rings is 1. The molecule has 0 aliphatic carbocycles. The average Bonchev–Trinajstić information content (AvgIpc) is 3.14. The third-order valence-corrected chi connectivity index (χ3v) is 4.50. The molecule has 9 heteroatoms. The van der Waals surface area contributed by atoms with E-state index >= 15 is 0 Å². The Morgan fingerprint density at radius 3 is 2.92 bits per heavy atom. The third-order valence-electron chi connectivity index (χ3n) is 3.35. The highest BCUT2D eigenvalue weighted by atomic mass is 35.5. The number of nitrogens with one attached hydrogen (secondary N) is 1. The maximum Gasteiger partial charge on any atom is 0.293 e. The van der Waals surface area contributed by atoms with Crippen molar-refractivity contribution in [2.75, 3.05) is 25.8 Å². The van der Waals surface area contributed by atoms with Crippen LogP contribution in [0.1, 0.15) is 5.56 Å². The second-order valence-electron chi connectivity index (χ2n) is 4.93. The van der Waals surface area contributed by atoms with E-state index in [-0.39, 0.29) is 42.8 Å². The minimum absolute atomic E-state index is 0.103. The quantitative estimate of drug-likeness (QED) is 0.630. The topological polar surface area (TPSA) is 84.9 Å². The average molecular weight is 369 g/mol. The second kappa shape index (κ2) is 7.14. The van der Waals surface area contributed by atoms with Gasteiger partial charge in [0.25, 0.3) is 11.1 Å². The van der Waals surface area contributed by atoms with Gasteiger partial charge in [0.1, 0.15) is 5.88 Å². The van der Waals surface area contributed by atoms with Crippen LogP contribution in [-0.4, -0.2) is 47.7 Å². The number of alkyl halides is 1. The first-order chi connectivity index (χ1) is 11.6. The molecule has 24 heavy (non-hydrogen) atoms. The smallest absolute Gasteiger partial charge is 0.293 e. The van der Waals surface area contributed by atoms with Gasteiger partial charge in [0, 0.05) is 13.1 Å². The van der Waals surface area contributed by atoms with Gasteiger partial charge in [0.2, 0.25) is 12.7 Å². The van der Waals surface area contributed by atoms with Crippen molar-refractivity contribution in [2.45, 2.75) is 0 Å². The Kier molecular flexibility index (Phi) is 4.96. The van der Waals surface area contributed by atoms with Crippen molar-refractivity contribution in [3.63, 3.8) is 0 Å². The van der Waals surface area contributed by atoms with E-state index in [0.29, 0.717) is 16.4 Å². The van der Waals surface area contributed by atoms with Crippen molar-refractivity contribution in [1.29, 1.82) is 0 Å². The molecule has 1 aromatic rings. The number of imide groups is 1. The molecule has 126 valence electrons. The predicted octanol–water partition coefficient (Wildman–Crippen LogP) is 1.81. The number of rotatable bonds is 5. The lowest BCUT2D eigenvalue weighted by atomic mass is 10.2. The summed E-state index contributed by atoms with van der Waals surface area (Å²) >= 11 is 6.23. The molecular weight excluding hydrogens is 356 g/mol. The van der Waals surface area contributed by atoms with Gasteiger partial charge in [-0.1, -0.05) is 6.07 Å². The molecular formula is C15H13ClN2O5S. The maximum atomic E-state index is 12.3. The van der Waals surface area contributed by atoms with E-state index < -0.39 is 0 Å². The predicted molar refractivity (Wildman–Crippen MR) is 89.0 cm³/mol. The van der Waals surface area contributed by atoms with Gasteiger partial charge in [0.05, 0.1) is 4.91 Å². The van der Waals surface area contributed by atoms with Gasteiger partial charge in [-0.05, 0) is 35.5 Å². The Hall–Kier alpha value is -2.19. The fourth-order valence-corrected chi connectivity index (χ4v) is 3.16. The third kappa shape index (κ3) is 3.49.